The molecule has 0 aromatic heterocycles. The molecule has 0 heterocycles. The number of nitrogens with one attached hydrogen (secondary N) is 3. The van der Waals surface area contributed by atoms with E-state index in [1.165, 1.54) is 0 Å². The third-order valence-corrected chi connectivity index (χ3v) is 3.47. The molecule has 0 aliphatic heterocycles. The molecule has 1 atom stereocenters. The number of methoxy groups -OCH3 is 1. The molecule has 154 valence electrons. The first-order chi connectivity index (χ1) is 12.5. The van der Waals surface area contributed by atoms with Crippen LogP contribution in [0.5, 0.6) is 11.5 Å². The fourth-order valence-corrected chi connectivity index (χ4v) is 2.08. The predicted molar refractivity (Wildman–Crippen MR) is 120 cm³/mol. The minimum Gasteiger partial charge on any atom is -0.497 e. The number of rotatable bonds is 10. The molecule has 27 heavy (non-hydrogen) atoms. The van der Waals surface area contributed by atoms with Gasteiger partial charge in [0, 0.05) is 31.6 Å². The summed E-state index contributed by atoms with van der Waals surface area (Å²) in [5.41, 5.74) is 0. The number of amides is 1. The summed E-state index contributed by atoms with van der Waals surface area (Å²) in [6.07, 6.45) is -0.0850. The number of ether oxygens (including phenoxy) is 2. The zero-order valence-electron chi connectivity index (χ0n) is 16.9. The molecule has 0 saturated heterocycles. The lowest BCUT2D eigenvalue weighted by atomic mass is 10.2. The van der Waals surface area contributed by atoms with Crippen molar-refractivity contribution >= 4 is 35.8 Å². The molecule has 1 rings (SSSR count). The van der Waals surface area contributed by atoms with Gasteiger partial charge in [-0.25, -0.2) is 4.99 Å². The quantitative estimate of drug-likeness (QED) is 0.202. The highest BCUT2D eigenvalue weighted by molar-refractivity contribution is 14.0. The van der Waals surface area contributed by atoms with Crippen LogP contribution in [0.25, 0.3) is 0 Å². The van der Waals surface area contributed by atoms with Crippen LogP contribution in [0.15, 0.2) is 29.3 Å². The Balaban J connectivity index is 0.00000676. The summed E-state index contributed by atoms with van der Waals surface area (Å²) >= 11 is 0. The predicted octanol–water partition coefficient (Wildman–Crippen LogP) is 2.41. The van der Waals surface area contributed by atoms with Crippen molar-refractivity contribution in [1.29, 1.82) is 0 Å². The number of aliphatic imine (C=N–C) groups is 1. The monoisotopic (exact) mass is 492 g/mol. The number of hydrogen-bond donors (Lipinski definition) is 3. The van der Waals surface area contributed by atoms with Crippen molar-refractivity contribution in [3.05, 3.63) is 24.3 Å². The van der Waals surface area contributed by atoms with Gasteiger partial charge >= 0.3 is 0 Å². The third kappa shape index (κ3) is 10.9. The maximum atomic E-state index is 11.5. The van der Waals surface area contributed by atoms with Crippen LogP contribution in [-0.2, 0) is 4.79 Å². The summed E-state index contributed by atoms with van der Waals surface area (Å²) in [5, 5.41) is 9.25. The smallest absolute Gasteiger partial charge is 0.222 e. The Labute approximate surface area is 179 Å². The number of halogens is 1. The van der Waals surface area contributed by atoms with Crippen molar-refractivity contribution in [2.75, 3.05) is 33.3 Å². The minimum atomic E-state index is -0.0850. The van der Waals surface area contributed by atoms with E-state index in [0.29, 0.717) is 25.6 Å². The number of guanidine groups is 1. The van der Waals surface area contributed by atoms with Crippen LogP contribution in [0.2, 0.25) is 0 Å². The van der Waals surface area contributed by atoms with E-state index in [1.54, 1.807) is 7.11 Å². The fraction of sp³-hybridized carbons (Fsp3) is 0.579. The second-order valence-corrected chi connectivity index (χ2v) is 6.20. The topological polar surface area (TPSA) is 84.0 Å². The molecule has 1 aromatic carbocycles. The average Bonchev–Trinajstić information content (AvgIpc) is 2.62. The molecule has 1 unspecified atom stereocenters. The van der Waals surface area contributed by atoms with Gasteiger partial charge in [0.1, 0.15) is 17.6 Å². The van der Waals surface area contributed by atoms with Crippen LogP contribution >= 0.6 is 24.0 Å². The van der Waals surface area contributed by atoms with Gasteiger partial charge < -0.3 is 25.4 Å². The summed E-state index contributed by atoms with van der Waals surface area (Å²) in [6, 6.07) is 7.51. The molecule has 1 amide bonds. The highest BCUT2D eigenvalue weighted by Crippen LogP contribution is 2.19. The van der Waals surface area contributed by atoms with E-state index in [0.717, 1.165) is 18.0 Å². The van der Waals surface area contributed by atoms with E-state index >= 15 is 0 Å². The maximum Gasteiger partial charge on any atom is 0.222 e. The molecule has 0 aliphatic rings. The van der Waals surface area contributed by atoms with Gasteiger partial charge in [-0.2, -0.15) is 0 Å². The Morgan fingerprint density at radius 3 is 2.41 bits per heavy atom. The average molecular weight is 492 g/mol. The van der Waals surface area contributed by atoms with Gasteiger partial charge in [0.05, 0.1) is 13.7 Å². The first kappa shape index (κ1) is 25.3. The maximum absolute atomic E-state index is 11.5. The Kier molecular flexibility index (Phi) is 13.5. The van der Waals surface area contributed by atoms with Crippen LogP contribution in [0, 0.1) is 5.92 Å². The van der Waals surface area contributed by atoms with Gasteiger partial charge in [0.15, 0.2) is 5.96 Å². The molecule has 0 fully saturated rings. The molecule has 0 bridgehead atoms. The molecule has 3 N–H and O–H groups in total. The van der Waals surface area contributed by atoms with Gasteiger partial charge in [0.25, 0.3) is 0 Å². The number of carbonyl (C=O) groups is 1. The van der Waals surface area contributed by atoms with Crippen molar-refractivity contribution in [3.63, 3.8) is 0 Å². The molecule has 7 nitrogen and oxygen atoms in total. The largest absolute Gasteiger partial charge is 0.497 e. The van der Waals surface area contributed by atoms with Crippen LogP contribution in [-0.4, -0.2) is 51.3 Å². The summed E-state index contributed by atoms with van der Waals surface area (Å²) < 4.78 is 11.1. The molecule has 8 heteroatoms. The lowest BCUT2D eigenvalue weighted by Gasteiger charge is -2.16. The van der Waals surface area contributed by atoms with Crippen LogP contribution in [0.3, 0.4) is 0 Å². The third-order valence-electron chi connectivity index (χ3n) is 3.47. The summed E-state index contributed by atoms with van der Waals surface area (Å²) in [7, 11) is 1.63. The van der Waals surface area contributed by atoms with E-state index in [1.807, 2.05) is 52.0 Å². The summed E-state index contributed by atoms with van der Waals surface area (Å²) in [6.45, 7) is 10.1. The van der Waals surface area contributed by atoms with Crippen molar-refractivity contribution in [2.45, 2.75) is 33.8 Å². The molecule has 0 saturated carbocycles. The molecular weight excluding hydrogens is 459 g/mol. The van der Waals surface area contributed by atoms with Gasteiger partial charge in [-0.05, 0) is 26.0 Å². The highest BCUT2D eigenvalue weighted by atomic mass is 127. The molecule has 1 aromatic rings. The molecule has 0 radical (unpaired) electrons. The Bertz CT molecular complexity index is 582. The first-order valence-electron chi connectivity index (χ1n) is 9.06. The second-order valence-electron chi connectivity index (χ2n) is 6.20. The number of carbonyl (C=O) groups excluding carboxylic acids is 1. The van der Waals surface area contributed by atoms with Crippen LogP contribution < -0.4 is 25.4 Å². The Morgan fingerprint density at radius 2 is 1.78 bits per heavy atom. The zero-order valence-corrected chi connectivity index (χ0v) is 19.2. The normalized spacial score (nSPS) is 12.0. The highest BCUT2D eigenvalue weighted by Gasteiger charge is 2.07. The number of hydrogen-bond acceptors (Lipinski definition) is 4. The molecular formula is C19H33IN4O3. The van der Waals surface area contributed by atoms with Crippen molar-refractivity contribution < 1.29 is 14.3 Å². The second kappa shape index (κ2) is 14.4. The van der Waals surface area contributed by atoms with Crippen LogP contribution in [0.4, 0.5) is 0 Å². The van der Waals surface area contributed by atoms with Gasteiger partial charge in [-0.15, -0.1) is 24.0 Å². The zero-order chi connectivity index (χ0) is 19.4. The lowest BCUT2D eigenvalue weighted by Crippen LogP contribution is -2.42. The number of benzene rings is 1. The first-order valence-corrected chi connectivity index (χ1v) is 9.06. The van der Waals surface area contributed by atoms with E-state index in [9.17, 15) is 4.79 Å². The SMILES string of the molecule is CCNC(=NCC(C)Oc1cccc(OC)c1)NCCNC(=O)C(C)C.I. The minimum absolute atomic E-state index is 0. The van der Waals surface area contributed by atoms with Gasteiger partial charge in [-0.3, -0.25) is 4.79 Å². The molecule has 0 spiro atoms. The van der Waals surface area contributed by atoms with E-state index in [2.05, 4.69) is 20.9 Å². The van der Waals surface area contributed by atoms with E-state index in [4.69, 9.17) is 9.47 Å². The van der Waals surface area contributed by atoms with Crippen molar-refractivity contribution in [3.8, 4) is 11.5 Å². The number of nitrogens with zero attached hydrogens (tertiary/aromatic N) is 1. The van der Waals surface area contributed by atoms with Gasteiger partial charge in [0.2, 0.25) is 5.91 Å². The Morgan fingerprint density at radius 1 is 1.11 bits per heavy atom. The van der Waals surface area contributed by atoms with Crippen LogP contribution in [0.1, 0.15) is 27.7 Å². The molecule has 0 aliphatic carbocycles. The van der Waals surface area contributed by atoms with Gasteiger partial charge in [-0.1, -0.05) is 19.9 Å². The fourth-order valence-electron chi connectivity index (χ4n) is 2.08. The standard InChI is InChI=1S/C19H32N4O3.HI/c1-6-20-19(22-11-10-21-18(24)14(2)3)23-13-15(4)26-17-9-7-8-16(12-17)25-5;/h7-9,12,14-15H,6,10-11,13H2,1-5H3,(H,21,24)(H2,20,22,23);1H. The lowest BCUT2D eigenvalue weighted by molar-refractivity contribution is -0.123. The van der Waals surface area contributed by atoms with Crippen molar-refractivity contribution in [1.82, 2.24) is 16.0 Å². The summed E-state index contributed by atoms with van der Waals surface area (Å²) in [4.78, 5) is 16.1. The summed E-state index contributed by atoms with van der Waals surface area (Å²) in [5.74, 6) is 2.26. The van der Waals surface area contributed by atoms with Crippen molar-refractivity contribution in [2.24, 2.45) is 10.9 Å². The Hall–Kier alpha value is -1.71. The van der Waals surface area contributed by atoms with E-state index < -0.39 is 0 Å². The van der Waals surface area contributed by atoms with E-state index in [-0.39, 0.29) is 41.9 Å².